The first kappa shape index (κ1) is 53.4. The minimum absolute atomic E-state index is 0.00448. The molecule has 340 valence electrons. The Morgan fingerprint density at radius 3 is 1.27 bits per heavy atom. The number of nitrogens with zero attached hydrogens (tertiary/aromatic N) is 2. The van der Waals surface area contributed by atoms with Gasteiger partial charge in [-0.25, -0.2) is 8.78 Å². The van der Waals surface area contributed by atoms with Crippen molar-refractivity contribution < 1.29 is 71.1 Å². The van der Waals surface area contributed by atoms with Gasteiger partial charge < -0.3 is 5.73 Å². The molecule has 0 aliphatic heterocycles. The second-order valence-electron chi connectivity index (χ2n) is 14.0. The van der Waals surface area contributed by atoms with Crippen LogP contribution in [0, 0.1) is 50.4 Å². The predicted molar refractivity (Wildman–Crippen MR) is 205 cm³/mol. The fourth-order valence-corrected chi connectivity index (χ4v) is 6.25. The van der Waals surface area contributed by atoms with E-state index in [0.29, 0.717) is 46.5 Å². The van der Waals surface area contributed by atoms with Crippen LogP contribution in [0.4, 0.5) is 67.2 Å². The van der Waals surface area contributed by atoms with Crippen LogP contribution in [0.3, 0.4) is 0 Å². The first-order valence-corrected chi connectivity index (χ1v) is 18.5. The summed E-state index contributed by atoms with van der Waals surface area (Å²) in [5.41, 5.74) is -5.28. The third-order valence-electron chi connectivity index (χ3n) is 9.74. The number of rotatable bonds is 8. The normalized spacial score (nSPS) is 12.2. The van der Waals surface area contributed by atoms with Crippen molar-refractivity contribution in [1.29, 1.82) is 10.5 Å². The molecule has 0 fully saturated rings. The molecule has 0 bridgehead atoms. The van der Waals surface area contributed by atoms with E-state index in [9.17, 15) is 71.1 Å². The number of nitrogens with two attached hydrogens (primary N) is 1. The SMILES string of the molecule is CCc1cc(C(F)(C(F)(F)F)C(F)(F)F)cc(C)c1CC(=O)c1ccc(C#N)c(C)c1.CCc1cc(C(F)(C(F)(F)F)C(F)(F)F)cc(C)c1N.Cc1cc(C(=O)Cl)ccc1C#N. The number of Topliss-reactive ketones (excluding diaryl/α,β-unsaturated/α-hetero) is 1. The van der Waals surface area contributed by atoms with Crippen molar-refractivity contribution in [1.82, 2.24) is 0 Å². The summed E-state index contributed by atoms with van der Waals surface area (Å²) in [4.78, 5) is 23.3. The van der Waals surface area contributed by atoms with Crippen LogP contribution in [0.2, 0.25) is 0 Å². The van der Waals surface area contributed by atoms with Crippen molar-refractivity contribution in [2.45, 2.75) is 96.8 Å². The van der Waals surface area contributed by atoms with E-state index in [1.54, 1.807) is 32.0 Å². The van der Waals surface area contributed by atoms with Gasteiger partial charge in [0.15, 0.2) is 5.78 Å². The van der Waals surface area contributed by atoms with Gasteiger partial charge in [0.2, 0.25) is 0 Å². The average Bonchev–Trinajstić information content (AvgIpc) is 3.17. The number of halogens is 15. The van der Waals surface area contributed by atoms with Gasteiger partial charge in [-0.1, -0.05) is 38.1 Å². The third kappa shape index (κ3) is 11.5. The Morgan fingerprint density at radius 2 is 0.921 bits per heavy atom. The number of hydrogen-bond acceptors (Lipinski definition) is 5. The van der Waals surface area contributed by atoms with Gasteiger partial charge in [0.1, 0.15) is 0 Å². The van der Waals surface area contributed by atoms with Crippen molar-refractivity contribution in [3.05, 3.63) is 133 Å². The Balaban J connectivity index is 0.000000363. The lowest BCUT2D eigenvalue weighted by Crippen LogP contribution is -2.50. The largest absolute Gasteiger partial charge is 0.435 e. The van der Waals surface area contributed by atoms with Gasteiger partial charge in [-0.15, -0.1) is 0 Å². The number of carbonyl (C=O) groups is 2. The maximum Gasteiger partial charge on any atom is 0.435 e. The molecule has 4 rings (SSSR count). The quantitative estimate of drug-likeness (QED) is 0.0819. The maximum absolute atomic E-state index is 14.5. The summed E-state index contributed by atoms with van der Waals surface area (Å²) < 4.78 is 183. The number of benzene rings is 4. The van der Waals surface area contributed by atoms with Gasteiger partial charge in [0.05, 0.1) is 23.3 Å². The lowest BCUT2D eigenvalue weighted by Gasteiger charge is -2.31. The van der Waals surface area contributed by atoms with Gasteiger partial charge in [-0.3, -0.25) is 9.59 Å². The smallest absolute Gasteiger partial charge is 0.398 e. The van der Waals surface area contributed by atoms with E-state index >= 15 is 0 Å². The van der Waals surface area contributed by atoms with Crippen LogP contribution in [-0.4, -0.2) is 35.7 Å². The summed E-state index contributed by atoms with van der Waals surface area (Å²) in [7, 11) is 0. The number of anilines is 1. The van der Waals surface area contributed by atoms with Crippen LogP contribution in [0.5, 0.6) is 0 Å². The third-order valence-corrected chi connectivity index (χ3v) is 9.96. The maximum atomic E-state index is 14.5. The Labute approximate surface area is 357 Å². The van der Waals surface area contributed by atoms with Crippen molar-refractivity contribution >= 4 is 28.3 Å². The number of nitrogen functional groups attached to an aromatic ring is 1. The predicted octanol–water partition coefficient (Wildman–Crippen LogP) is 13.1. The molecular formula is C43H36ClF14N3O2. The summed E-state index contributed by atoms with van der Waals surface area (Å²) >= 11 is 5.25. The van der Waals surface area contributed by atoms with E-state index < -0.39 is 58.2 Å². The molecule has 0 heterocycles. The highest BCUT2D eigenvalue weighted by Crippen LogP contribution is 2.55. The summed E-state index contributed by atoms with van der Waals surface area (Å²) in [5, 5.41) is 17.1. The van der Waals surface area contributed by atoms with E-state index in [1.807, 2.05) is 12.1 Å². The lowest BCUT2D eigenvalue weighted by atomic mass is 9.86. The number of aryl methyl sites for hydroxylation is 6. The van der Waals surface area contributed by atoms with Gasteiger partial charge >= 0.3 is 36.0 Å². The van der Waals surface area contributed by atoms with E-state index in [1.165, 1.54) is 45.9 Å². The van der Waals surface area contributed by atoms with E-state index in [0.717, 1.165) is 5.56 Å². The zero-order chi connectivity index (χ0) is 48.8. The van der Waals surface area contributed by atoms with Gasteiger partial charge in [-0.2, -0.15) is 63.2 Å². The van der Waals surface area contributed by atoms with E-state index in [2.05, 4.69) is 0 Å². The highest BCUT2D eigenvalue weighted by Gasteiger charge is 2.74. The number of nitriles is 2. The summed E-state index contributed by atoms with van der Waals surface area (Å²) in [6, 6.07) is 15.1. The molecular weight excluding hydrogens is 892 g/mol. The monoisotopic (exact) mass is 927 g/mol. The van der Waals surface area contributed by atoms with Crippen molar-refractivity contribution in [2.75, 3.05) is 5.73 Å². The molecule has 0 unspecified atom stereocenters. The Morgan fingerprint density at radius 1 is 0.556 bits per heavy atom. The molecule has 0 aliphatic carbocycles. The van der Waals surface area contributed by atoms with Crippen LogP contribution in [0.1, 0.15) is 95.8 Å². The first-order chi connectivity index (χ1) is 28.7. The van der Waals surface area contributed by atoms with Crippen LogP contribution in [0.15, 0.2) is 60.7 Å². The molecule has 0 radical (unpaired) electrons. The van der Waals surface area contributed by atoms with Gasteiger partial charge in [-0.05, 0) is 127 Å². The van der Waals surface area contributed by atoms with Crippen LogP contribution in [-0.2, 0) is 30.6 Å². The molecule has 20 heteroatoms. The Hall–Kier alpha value is -5.69. The Bertz CT molecular complexity index is 2390. The highest BCUT2D eigenvalue weighted by molar-refractivity contribution is 6.67. The van der Waals surface area contributed by atoms with E-state index in [4.69, 9.17) is 27.9 Å². The molecule has 5 nitrogen and oxygen atoms in total. The number of hydrogen-bond donors (Lipinski definition) is 1. The summed E-state index contributed by atoms with van der Waals surface area (Å²) in [5.74, 6) is -0.434. The molecule has 4 aromatic rings. The van der Waals surface area contributed by atoms with Crippen LogP contribution < -0.4 is 5.73 Å². The molecule has 0 aliphatic rings. The first-order valence-electron chi connectivity index (χ1n) is 18.1. The molecule has 4 aromatic carbocycles. The molecule has 0 spiro atoms. The lowest BCUT2D eigenvalue weighted by molar-refractivity contribution is -0.349. The molecule has 2 N–H and O–H groups in total. The van der Waals surface area contributed by atoms with Gasteiger partial charge in [0, 0.05) is 34.4 Å². The molecule has 0 saturated heterocycles. The Kier molecular flexibility index (Phi) is 16.8. The minimum Gasteiger partial charge on any atom is -0.398 e. The summed E-state index contributed by atoms with van der Waals surface area (Å²) in [6.07, 6.45) is -24.8. The fourth-order valence-electron chi connectivity index (χ4n) is 6.13. The highest BCUT2D eigenvalue weighted by atomic mass is 35.5. The van der Waals surface area contributed by atoms with E-state index in [-0.39, 0.29) is 58.3 Å². The zero-order valence-corrected chi connectivity index (χ0v) is 34.6. The molecule has 63 heavy (non-hydrogen) atoms. The van der Waals surface area contributed by atoms with Gasteiger partial charge in [0.25, 0.3) is 5.24 Å². The molecule has 0 saturated carbocycles. The van der Waals surface area contributed by atoms with Crippen LogP contribution in [0.25, 0.3) is 0 Å². The topological polar surface area (TPSA) is 108 Å². The number of ketones is 1. The second kappa shape index (κ2) is 19.8. The zero-order valence-electron chi connectivity index (χ0n) is 33.9. The average molecular weight is 928 g/mol. The fraction of sp³-hybridized carbons (Fsp3) is 0.349. The standard InChI is InChI=1S/C22H18F7NO.C12H12F7N.C9H6ClNO/c1-4-14-9-17(20(23,21(24,25)26)22(27,28)29)8-13(3)18(14)10-19(31)15-5-6-16(11-30)12(2)7-15;1-3-7-5-8(4-6(2)9(7)20)10(13,11(14,15)16)12(17,18)19;1-6-4-7(9(10)12)2-3-8(6)5-11/h5-9H,4,10H2,1-3H3;4-5H,3,20H2,1-2H3;2-4H,1H3. The molecule has 0 amide bonds. The molecule has 0 atom stereocenters. The van der Waals surface area contributed by atoms with Crippen molar-refractivity contribution in [3.8, 4) is 12.1 Å². The van der Waals surface area contributed by atoms with Crippen molar-refractivity contribution in [2.24, 2.45) is 0 Å². The number of carbonyl (C=O) groups excluding carboxylic acids is 2. The van der Waals surface area contributed by atoms with Crippen LogP contribution >= 0.6 is 11.6 Å². The minimum atomic E-state index is -6.21. The number of alkyl halides is 14. The van der Waals surface area contributed by atoms with Crippen molar-refractivity contribution in [3.63, 3.8) is 0 Å². The summed E-state index contributed by atoms with van der Waals surface area (Å²) in [6.45, 7) is 8.84. The molecule has 0 aromatic heterocycles. The second-order valence-corrected chi connectivity index (χ2v) is 14.3.